The van der Waals surface area contributed by atoms with Crippen LogP contribution >= 0.6 is 11.8 Å². The molecule has 0 amide bonds. The van der Waals surface area contributed by atoms with E-state index in [-0.39, 0.29) is 16.7 Å². The molecule has 5 heteroatoms. The maximum absolute atomic E-state index is 10.9. The highest BCUT2D eigenvalue weighted by molar-refractivity contribution is 7.99. The predicted molar refractivity (Wildman–Crippen MR) is 73.8 cm³/mol. The van der Waals surface area contributed by atoms with Crippen molar-refractivity contribution in [3.8, 4) is 0 Å². The van der Waals surface area contributed by atoms with Gasteiger partial charge in [-0.05, 0) is 24.8 Å². The molecular formula is C13H18N2O2S. The third-order valence-electron chi connectivity index (χ3n) is 3.50. The molecule has 1 atom stereocenters. The van der Waals surface area contributed by atoms with Gasteiger partial charge in [0.25, 0.3) is 5.69 Å². The van der Waals surface area contributed by atoms with Crippen molar-refractivity contribution >= 4 is 17.4 Å². The fraction of sp³-hybridized carbons (Fsp3) is 0.538. The standard InChI is InChI=1S/C13H18N2O2S/c14-11(10-5-1-2-6-10)9-18-13-8-4-3-7-12(13)15(16)17/h3-4,7-8,10-11H,1-2,5-6,9,14H2. The van der Waals surface area contributed by atoms with E-state index in [4.69, 9.17) is 5.73 Å². The van der Waals surface area contributed by atoms with Crippen LogP contribution in [0.1, 0.15) is 25.7 Å². The van der Waals surface area contributed by atoms with Crippen molar-refractivity contribution in [1.29, 1.82) is 0 Å². The van der Waals surface area contributed by atoms with Crippen LogP contribution in [0.2, 0.25) is 0 Å². The van der Waals surface area contributed by atoms with E-state index < -0.39 is 0 Å². The molecule has 0 spiro atoms. The Bertz CT molecular complexity index is 419. The number of nitrogens with zero attached hydrogens (tertiary/aromatic N) is 1. The van der Waals surface area contributed by atoms with Crippen LogP contribution in [-0.4, -0.2) is 16.7 Å². The topological polar surface area (TPSA) is 69.2 Å². The lowest BCUT2D eigenvalue weighted by Crippen LogP contribution is -2.30. The lowest BCUT2D eigenvalue weighted by atomic mass is 10.0. The Labute approximate surface area is 111 Å². The molecule has 2 N–H and O–H groups in total. The number of hydrogen-bond acceptors (Lipinski definition) is 4. The molecule has 0 bridgehead atoms. The van der Waals surface area contributed by atoms with Gasteiger partial charge in [0.1, 0.15) is 0 Å². The summed E-state index contributed by atoms with van der Waals surface area (Å²) in [5.41, 5.74) is 6.34. The molecule has 2 rings (SSSR count). The van der Waals surface area contributed by atoms with E-state index in [0.29, 0.717) is 5.92 Å². The smallest absolute Gasteiger partial charge is 0.282 e. The van der Waals surface area contributed by atoms with E-state index in [1.165, 1.54) is 37.4 Å². The number of nitrogens with two attached hydrogens (primary N) is 1. The SMILES string of the molecule is NC(CSc1ccccc1[N+](=O)[O-])C1CCCC1. The minimum Gasteiger partial charge on any atom is -0.327 e. The minimum absolute atomic E-state index is 0.150. The Hall–Kier alpha value is -1.07. The van der Waals surface area contributed by atoms with Gasteiger partial charge < -0.3 is 5.73 Å². The molecule has 98 valence electrons. The van der Waals surface area contributed by atoms with Crippen LogP contribution < -0.4 is 5.73 Å². The molecule has 1 unspecified atom stereocenters. The summed E-state index contributed by atoms with van der Waals surface area (Å²) in [4.78, 5) is 11.3. The molecule has 1 aliphatic rings. The van der Waals surface area contributed by atoms with E-state index in [9.17, 15) is 10.1 Å². The van der Waals surface area contributed by atoms with Gasteiger partial charge in [0.15, 0.2) is 0 Å². The molecule has 1 aromatic rings. The van der Waals surface area contributed by atoms with Gasteiger partial charge in [-0.1, -0.05) is 25.0 Å². The number of thioether (sulfide) groups is 1. The molecule has 0 radical (unpaired) electrons. The third-order valence-corrected chi connectivity index (χ3v) is 4.71. The first-order valence-electron chi connectivity index (χ1n) is 6.30. The van der Waals surface area contributed by atoms with Crippen molar-refractivity contribution in [1.82, 2.24) is 0 Å². The summed E-state index contributed by atoms with van der Waals surface area (Å²) in [6.45, 7) is 0. The molecule has 1 fully saturated rings. The number of benzene rings is 1. The lowest BCUT2D eigenvalue weighted by Gasteiger charge is -2.18. The summed E-state index contributed by atoms with van der Waals surface area (Å²) in [6.07, 6.45) is 4.96. The molecule has 4 nitrogen and oxygen atoms in total. The summed E-state index contributed by atoms with van der Waals surface area (Å²) in [6, 6.07) is 7.01. The van der Waals surface area contributed by atoms with Crippen LogP contribution in [0.25, 0.3) is 0 Å². The normalized spacial score (nSPS) is 17.8. The number of nitro benzene ring substituents is 1. The van der Waals surface area contributed by atoms with Gasteiger partial charge in [-0.15, -0.1) is 11.8 Å². The van der Waals surface area contributed by atoms with Gasteiger partial charge in [-0.25, -0.2) is 0 Å². The van der Waals surface area contributed by atoms with Gasteiger partial charge >= 0.3 is 0 Å². The van der Waals surface area contributed by atoms with E-state index in [1.807, 2.05) is 6.07 Å². The molecule has 0 heterocycles. The van der Waals surface area contributed by atoms with E-state index in [1.54, 1.807) is 18.2 Å². The summed E-state index contributed by atoms with van der Waals surface area (Å²) < 4.78 is 0. The number of hydrogen-bond donors (Lipinski definition) is 1. The molecular weight excluding hydrogens is 248 g/mol. The second-order valence-electron chi connectivity index (χ2n) is 4.74. The van der Waals surface area contributed by atoms with Crippen LogP contribution in [0.15, 0.2) is 29.2 Å². The van der Waals surface area contributed by atoms with Crippen molar-refractivity contribution in [2.75, 3.05) is 5.75 Å². The summed E-state index contributed by atoms with van der Waals surface area (Å²) in [5, 5.41) is 10.9. The lowest BCUT2D eigenvalue weighted by molar-refractivity contribution is -0.387. The Balaban J connectivity index is 1.95. The van der Waals surface area contributed by atoms with Crippen LogP contribution in [0.5, 0.6) is 0 Å². The molecule has 0 aliphatic heterocycles. The Morgan fingerprint density at radius 2 is 2.06 bits per heavy atom. The maximum Gasteiger partial charge on any atom is 0.282 e. The number of para-hydroxylation sites is 1. The van der Waals surface area contributed by atoms with E-state index >= 15 is 0 Å². The van der Waals surface area contributed by atoms with Crippen molar-refractivity contribution < 1.29 is 4.92 Å². The largest absolute Gasteiger partial charge is 0.327 e. The monoisotopic (exact) mass is 266 g/mol. The zero-order chi connectivity index (χ0) is 13.0. The average molecular weight is 266 g/mol. The van der Waals surface area contributed by atoms with Crippen LogP contribution in [0.3, 0.4) is 0 Å². The predicted octanol–water partition coefficient (Wildman–Crippen LogP) is 3.20. The third kappa shape index (κ3) is 3.23. The Morgan fingerprint density at radius 3 is 2.72 bits per heavy atom. The Morgan fingerprint density at radius 1 is 1.39 bits per heavy atom. The zero-order valence-corrected chi connectivity index (χ0v) is 11.1. The maximum atomic E-state index is 10.9. The second-order valence-corrected chi connectivity index (χ2v) is 5.81. The number of nitro groups is 1. The summed E-state index contributed by atoms with van der Waals surface area (Å²) >= 11 is 1.50. The fourth-order valence-electron chi connectivity index (χ4n) is 2.44. The van der Waals surface area contributed by atoms with Gasteiger partial charge in [-0.2, -0.15) is 0 Å². The van der Waals surface area contributed by atoms with Crippen LogP contribution in [0.4, 0.5) is 5.69 Å². The fourth-order valence-corrected chi connectivity index (χ4v) is 3.55. The highest BCUT2D eigenvalue weighted by Crippen LogP contribution is 2.32. The zero-order valence-electron chi connectivity index (χ0n) is 10.2. The molecule has 0 aromatic heterocycles. The van der Waals surface area contributed by atoms with Crippen molar-refractivity contribution in [3.63, 3.8) is 0 Å². The first kappa shape index (κ1) is 13.4. The average Bonchev–Trinajstić information content (AvgIpc) is 2.90. The van der Waals surface area contributed by atoms with Crippen LogP contribution in [0, 0.1) is 16.0 Å². The van der Waals surface area contributed by atoms with Gasteiger partial charge in [0, 0.05) is 17.9 Å². The molecule has 1 aliphatic carbocycles. The van der Waals surface area contributed by atoms with E-state index in [2.05, 4.69) is 0 Å². The van der Waals surface area contributed by atoms with Crippen molar-refractivity contribution in [3.05, 3.63) is 34.4 Å². The summed E-state index contributed by atoms with van der Waals surface area (Å²) in [7, 11) is 0. The Kier molecular flexibility index (Phi) is 4.60. The number of rotatable bonds is 5. The second kappa shape index (κ2) is 6.20. The molecule has 1 saturated carbocycles. The van der Waals surface area contributed by atoms with E-state index in [0.717, 1.165) is 10.6 Å². The first-order chi connectivity index (χ1) is 8.68. The highest BCUT2D eigenvalue weighted by atomic mass is 32.2. The quantitative estimate of drug-likeness (QED) is 0.505. The van der Waals surface area contributed by atoms with Crippen molar-refractivity contribution in [2.45, 2.75) is 36.6 Å². The molecule has 1 aromatic carbocycles. The molecule has 18 heavy (non-hydrogen) atoms. The highest BCUT2D eigenvalue weighted by Gasteiger charge is 2.23. The van der Waals surface area contributed by atoms with Gasteiger partial charge in [0.05, 0.1) is 9.82 Å². The van der Waals surface area contributed by atoms with Crippen molar-refractivity contribution in [2.24, 2.45) is 11.7 Å². The van der Waals surface area contributed by atoms with Gasteiger partial charge in [0.2, 0.25) is 0 Å². The minimum atomic E-state index is -0.330. The summed E-state index contributed by atoms with van der Waals surface area (Å²) in [5.74, 6) is 1.36. The first-order valence-corrected chi connectivity index (χ1v) is 7.29. The van der Waals surface area contributed by atoms with Crippen LogP contribution in [-0.2, 0) is 0 Å². The molecule has 0 saturated heterocycles. The van der Waals surface area contributed by atoms with Gasteiger partial charge in [-0.3, -0.25) is 10.1 Å².